The van der Waals surface area contributed by atoms with E-state index in [4.69, 9.17) is 25.2 Å². The Labute approximate surface area is 114 Å². The molecular weight excluding hydrogens is 248 g/mol. The van der Waals surface area contributed by atoms with E-state index in [1.165, 1.54) is 0 Å². The van der Waals surface area contributed by atoms with E-state index in [1.807, 2.05) is 12.2 Å². The van der Waals surface area contributed by atoms with Crippen LogP contribution in [0.25, 0.3) is 0 Å². The smallest absolute Gasteiger partial charge is 0.154 e. The summed E-state index contributed by atoms with van der Waals surface area (Å²) in [7, 11) is 0. The molecule has 4 N–H and O–H groups in total. The second-order valence-corrected chi connectivity index (χ2v) is 4.27. The Bertz CT molecular complexity index is 212. The first-order chi connectivity index (χ1) is 9.13. The molecule has 0 bridgehead atoms. The second kappa shape index (κ2) is 13.7. The molecule has 0 radical (unpaired) electrons. The average Bonchev–Trinajstić information content (AvgIpc) is 2.34. The molecule has 0 aromatic heterocycles. The Morgan fingerprint density at radius 2 is 1.11 bits per heavy atom. The van der Waals surface area contributed by atoms with Crippen molar-refractivity contribution < 1.29 is 25.2 Å². The van der Waals surface area contributed by atoms with Gasteiger partial charge >= 0.3 is 0 Å². The largest absolute Gasteiger partial charge is 0.381 e. The summed E-state index contributed by atoms with van der Waals surface area (Å²) in [5.74, 6) is 0. The van der Waals surface area contributed by atoms with Gasteiger partial charge in [0.2, 0.25) is 0 Å². The van der Waals surface area contributed by atoms with Crippen molar-refractivity contribution in [3.63, 3.8) is 0 Å². The standard InChI is InChI=1S/C14H26O5/c15-13(16)9-5-1-3-7-11-19-12-8-4-2-6-10-14(17)18/h1-2,5-6,13-18H,3-4,7-12H2. The zero-order valence-corrected chi connectivity index (χ0v) is 11.3. The quantitative estimate of drug-likeness (QED) is 0.243. The molecule has 0 saturated carbocycles. The fraction of sp³-hybridized carbons (Fsp3) is 0.714. The first-order valence-electron chi connectivity index (χ1n) is 6.73. The van der Waals surface area contributed by atoms with Gasteiger partial charge in [-0.3, -0.25) is 0 Å². The van der Waals surface area contributed by atoms with Gasteiger partial charge in [-0.15, -0.1) is 0 Å². The molecule has 0 spiro atoms. The van der Waals surface area contributed by atoms with Crippen LogP contribution >= 0.6 is 0 Å². The van der Waals surface area contributed by atoms with E-state index in [9.17, 15) is 0 Å². The van der Waals surface area contributed by atoms with Crippen LogP contribution in [0.2, 0.25) is 0 Å². The van der Waals surface area contributed by atoms with Gasteiger partial charge in [0.05, 0.1) is 0 Å². The zero-order chi connectivity index (χ0) is 14.3. The SMILES string of the molecule is OC(O)CC=CCCCOCCCC=CCC(O)O. The fourth-order valence-electron chi connectivity index (χ4n) is 1.38. The Balaban J connectivity index is 3.15. The normalized spacial score (nSPS) is 12.5. The topological polar surface area (TPSA) is 90.2 Å². The molecule has 0 amide bonds. The van der Waals surface area contributed by atoms with Crippen LogP contribution < -0.4 is 0 Å². The highest BCUT2D eigenvalue weighted by Crippen LogP contribution is 1.98. The van der Waals surface area contributed by atoms with E-state index >= 15 is 0 Å². The third-order valence-electron chi connectivity index (χ3n) is 2.35. The van der Waals surface area contributed by atoms with Crippen molar-refractivity contribution in [3.8, 4) is 0 Å². The summed E-state index contributed by atoms with van der Waals surface area (Å²) in [6.45, 7) is 1.40. The van der Waals surface area contributed by atoms with Crippen LogP contribution in [-0.2, 0) is 4.74 Å². The lowest BCUT2D eigenvalue weighted by Crippen LogP contribution is -2.01. The third kappa shape index (κ3) is 17.3. The van der Waals surface area contributed by atoms with Crippen molar-refractivity contribution in [1.82, 2.24) is 0 Å². The number of hydrogen-bond donors (Lipinski definition) is 4. The van der Waals surface area contributed by atoms with E-state index in [2.05, 4.69) is 0 Å². The van der Waals surface area contributed by atoms with Crippen LogP contribution in [-0.4, -0.2) is 46.2 Å². The maximum Gasteiger partial charge on any atom is 0.154 e. The van der Waals surface area contributed by atoms with Crippen LogP contribution in [0.15, 0.2) is 24.3 Å². The van der Waals surface area contributed by atoms with Crippen LogP contribution in [0.3, 0.4) is 0 Å². The third-order valence-corrected chi connectivity index (χ3v) is 2.35. The summed E-state index contributed by atoms with van der Waals surface area (Å²) >= 11 is 0. The monoisotopic (exact) mass is 274 g/mol. The lowest BCUT2D eigenvalue weighted by molar-refractivity contribution is -0.0368. The first kappa shape index (κ1) is 18.3. The predicted molar refractivity (Wildman–Crippen MR) is 73.3 cm³/mol. The summed E-state index contributed by atoms with van der Waals surface area (Å²) in [5, 5.41) is 34.4. The number of aliphatic hydroxyl groups excluding tert-OH is 2. The molecule has 0 aliphatic heterocycles. The minimum absolute atomic E-state index is 0.274. The van der Waals surface area contributed by atoms with Crippen molar-refractivity contribution >= 4 is 0 Å². The molecule has 0 saturated heterocycles. The van der Waals surface area contributed by atoms with Gasteiger partial charge < -0.3 is 25.2 Å². The molecule has 0 atom stereocenters. The molecular formula is C14H26O5. The molecule has 0 aliphatic rings. The Hall–Kier alpha value is -0.720. The Kier molecular flexibility index (Phi) is 13.2. The number of rotatable bonds is 12. The average molecular weight is 274 g/mol. The lowest BCUT2D eigenvalue weighted by Gasteiger charge is -2.01. The highest BCUT2D eigenvalue weighted by atomic mass is 16.5. The molecule has 5 heteroatoms. The zero-order valence-electron chi connectivity index (χ0n) is 11.3. The van der Waals surface area contributed by atoms with Crippen molar-refractivity contribution in [1.29, 1.82) is 0 Å². The molecule has 0 unspecified atom stereocenters. The van der Waals surface area contributed by atoms with Gasteiger partial charge in [0.25, 0.3) is 0 Å². The van der Waals surface area contributed by atoms with Gasteiger partial charge in [-0.25, -0.2) is 0 Å². The molecule has 0 aromatic rings. The lowest BCUT2D eigenvalue weighted by atomic mass is 10.2. The summed E-state index contributed by atoms with van der Waals surface area (Å²) in [6.07, 6.45) is 8.98. The van der Waals surface area contributed by atoms with Crippen LogP contribution in [0.1, 0.15) is 38.5 Å². The van der Waals surface area contributed by atoms with Gasteiger partial charge in [0.15, 0.2) is 12.6 Å². The number of allylic oxidation sites excluding steroid dienone is 2. The Morgan fingerprint density at radius 1 is 0.684 bits per heavy atom. The molecule has 112 valence electrons. The van der Waals surface area contributed by atoms with E-state index in [0.717, 1.165) is 25.7 Å². The number of hydrogen-bond acceptors (Lipinski definition) is 5. The van der Waals surface area contributed by atoms with E-state index in [0.29, 0.717) is 13.2 Å². The number of aliphatic hydroxyl groups is 4. The van der Waals surface area contributed by atoms with Crippen molar-refractivity contribution in [2.75, 3.05) is 13.2 Å². The van der Waals surface area contributed by atoms with Crippen molar-refractivity contribution in [2.45, 2.75) is 51.1 Å². The molecule has 5 nitrogen and oxygen atoms in total. The van der Waals surface area contributed by atoms with Crippen LogP contribution in [0.5, 0.6) is 0 Å². The maximum absolute atomic E-state index is 8.59. The fourth-order valence-corrected chi connectivity index (χ4v) is 1.38. The molecule has 0 aromatic carbocycles. The summed E-state index contributed by atoms with van der Waals surface area (Å²) < 4.78 is 5.42. The minimum atomic E-state index is -1.26. The van der Waals surface area contributed by atoms with Gasteiger partial charge in [-0.2, -0.15) is 0 Å². The predicted octanol–water partition coefficient (Wildman–Crippen LogP) is 1.08. The van der Waals surface area contributed by atoms with Gasteiger partial charge in [-0.1, -0.05) is 24.3 Å². The van der Waals surface area contributed by atoms with Crippen LogP contribution in [0, 0.1) is 0 Å². The molecule has 0 fully saturated rings. The molecule has 0 heterocycles. The van der Waals surface area contributed by atoms with Crippen molar-refractivity contribution in [2.24, 2.45) is 0 Å². The number of ether oxygens (including phenoxy) is 1. The highest BCUT2D eigenvalue weighted by molar-refractivity contribution is 4.82. The van der Waals surface area contributed by atoms with E-state index in [1.54, 1.807) is 12.2 Å². The van der Waals surface area contributed by atoms with Gasteiger partial charge in [0, 0.05) is 26.1 Å². The van der Waals surface area contributed by atoms with Gasteiger partial charge in [-0.05, 0) is 25.7 Å². The molecule has 0 rings (SSSR count). The minimum Gasteiger partial charge on any atom is -0.381 e. The number of unbranched alkanes of at least 4 members (excludes halogenated alkanes) is 2. The maximum atomic E-state index is 8.59. The first-order valence-corrected chi connectivity index (χ1v) is 6.73. The molecule has 19 heavy (non-hydrogen) atoms. The van der Waals surface area contributed by atoms with E-state index < -0.39 is 12.6 Å². The van der Waals surface area contributed by atoms with E-state index in [-0.39, 0.29) is 12.8 Å². The second-order valence-electron chi connectivity index (χ2n) is 4.27. The van der Waals surface area contributed by atoms with Gasteiger partial charge in [0.1, 0.15) is 0 Å². The molecule has 0 aliphatic carbocycles. The summed E-state index contributed by atoms with van der Waals surface area (Å²) in [4.78, 5) is 0. The summed E-state index contributed by atoms with van der Waals surface area (Å²) in [6, 6.07) is 0. The summed E-state index contributed by atoms with van der Waals surface area (Å²) in [5.41, 5.74) is 0. The van der Waals surface area contributed by atoms with Crippen molar-refractivity contribution in [3.05, 3.63) is 24.3 Å². The Morgan fingerprint density at radius 3 is 1.47 bits per heavy atom. The highest BCUT2D eigenvalue weighted by Gasteiger charge is 1.92. The van der Waals surface area contributed by atoms with Crippen LogP contribution in [0.4, 0.5) is 0 Å².